The third kappa shape index (κ3) is 32.2. The van der Waals surface area contributed by atoms with Crippen molar-refractivity contribution in [1.29, 1.82) is 0 Å². The van der Waals surface area contributed by atoms with E-state index in [9.17, 15) is 19.2 Å². The van der Waals surface area contributed by atoms with Crippen LogP contribution < -0.4 is 0 Å². The van der Waals surface area contributed by atoms with E-state index < -0.39 is 0 Å². The van der Waals surface area contributed by atoms with Crippen LogP contribution in [0.2, 0.25) is 0 Å². The molecule has 56 heavy (non-hydrogen) atoms. The molecule has 0 atom stereocenters. The maximum atomic E-state index is 12.5. The monoisotopic (exact) mass is 788 g/mol. The van der Waals surface area contributed by atoms with Crippen molar-refractivity contribution < 1.29 is 38.1 Å². The molecule has 9 heteroatoms. The van der Waals surface area contributed by atoms with E-state index in [4.69, 9.17) is 18.9 Å². The van der Waals surface area contributed by atoms with Crippen LogP contribution in [0.1, 0.15) is 210 Å². The maximum Gasteiger partial charge on any atom is 0.306 e. The van der Waals surface area contributed by atoms with Crippen LogP contribution in [0.25, 0.3) is 0 Å². The number of rotatable bonds is 38. The Labute approximate surface area is 341 Å². The first kappa shape index (κ1) is 51.1. The molecule has 0 aliphatic rings. The summed E-state index contributed by atoms with van der Waals surface area (Å²) in [4.78, 5) is 50.7. The fourth-order valence-corrected chi connectivity index (χ4v) is 6.71. The van der Waals surface area contributed by atoms with Gasteiger partial charge in [0, 0.05) is 32.2 Å². The quantitative estimate of drug-likeness (QED) is 0.0367. The van der Waals surface area contributed by atoms with Crippen LogP contribution in [0.4, 0.5) is 0 Å². The lowest BCUT2D eigenvalue weighted by molar-refractivity contribution is -0.145. The van der Waals surface area contributed by atoms with Crippen LogP contribution in [0, 0.1) is 0 Å². The van der Waals surface area contributed by atoms with Gasteiger partial charge in [-0.2, -0.15) is 0 Å². The van der Waals surface area contributed by atoms with Crippen molar-refractivity contribution in [3.63, 3.8) is 0 Å². The van der Waals surface area contributed by atoms with E-state index in [1.807, 2.05) is 20.2 Å². The zero-order valence-corrected chi connectivity index (χ0v) is 36.3. The number of nitrogens with zero attached hydrogens (tertiary/aromatic N) is 1. The van der Waals surface area contributed by atoms with Gasteiger partial charge in [0.25, 0.3) is 0 Å². The average Bonchev–Trinajstić information content (AvgIpc) is 3.17. The van der Waals surface area contributed by atoms with Crippen LogP contribution in [0.15, 0.2) is 18.2 Å². The first-order chi connectivity index (χ1) is 27.2. The van der Waals surface area contributed by atoms with Gasteiger partial charge in [-0.3, -0.25) is 19.2 Å². The molecule has 0 saturated carbocycles. The summed E-state index contributed by atoms with van der Waals surface area (Å²) >= 11 is 0. The first-order valence-corrected chi connectivity index (χ1v) is 22.6. The second-order valence-corrected chi connectivity index (χ2v) is 15.9. The topological polar surface area (TPSA) is 108 Å². The van der Waals surface area contributed by atoms with E-state index >= 15 is 0 Å². The largest absolute Gasteiger partial charge is 0.466 e. The van der Waals surface area contributed by atoms with Crippen molar-refractivity contribution in [3.8, 4) is 0 Å². The molecule has 9 nitrogen and oxygen atoms in total. The fourth-order valence-electron chi connectivity index (χ4n) is 6.71. The Morgan fingerprint density at radius 3 is 1.02 bits per heavy atom. The molecule has 1 aromatic carbocycles. The van der Waals surface area contributed by atoms with Crippen LogP contribution in [-0.2, 0) is 57.9 Å². The zero-order chi connectivity index (χ0) is 40.9. The minimum atomic E-state index is -0.188. The molecule has 0 radical (unpaired) electrons. The molecule has 0 saturated heterocycles. The number of carbonyl (C=O) groups is 4. The molecule has 1 aromatic rings. The Kier molecular flexibility index (Phi) is 33.2. The lowest BCUT2D eigenvalue weighted by Gasteiger charge is -2.14. The molecule has 0 N–H and O–H groups in total. The number of benzene rings is 1. The van der Waals surface area contributed by atoms with Crippen molar-refractivity contribution in [2.24, 2.45) is 0 Å². The summed E-state index contributed by atoms with van der Waals surface area (Å²) in [6, 6.07) is 6.07. The minimum Gasteiger partial charge on any atom is -0.466 e. The Bertz CT molecular complexity index is 1070. The number of ether oxygens (including phenoxy) is 4. The molecule has 0 spiro atoms. The van der Waals surface area contributed by atoms with Crippen molar-refractivity contribution in [2.75, 3.05) is 27.3 Å². The fraction of sp³-hybridized carbons (Fsp3) is 0.787. The normalized spacial score (nSPS) is 11.2. The average molecular weight is 788 g/mol. The van der Waals surface area contributed by atoms with Gasteiger partial charge >= 0.3 is 23.9 Å². The number of hydrogen-bond donors (Lipinski definition) is 0. The lowest BCUT2D eigenvalue weighted by atomic mass is 10.1. The van der Waals surface area contributed by atoms with Gasteiger partial charge in [0.2, 0.25) is 0 Å². The van der Waals surface area contributed by atoms with E-state index in [2.05, 4.69) is 30.9 Å². The van der Waals surface area contributed by atoms with Gasteiger partial charge in [0.15, 0.2) is 0 Å². The van der Waals surface area contributed by atoms with Crippen LogP contribution in [-0.4, -0.2) is 56.1 Å². The molecule has 0 fully saturated rings. The van der Waals surface area contributed by atoms with E-state index in [1.54, 1.807) is 0 Å². The number of carbonyl (C=O) groups excluding carboxylic acids is 4. The number of esters is 4. The highest BCUT2D eigenvalue weighted by molar-refractivity contribution is 5.70. The zero-order valence-electron chi connectivity index (χ0n) is 36.3. The van der Waals surface area contributed by atoms with E-state index in [0.29, 0.717) is 38.9 Å². The Morgan fingerprint density at radius 2 is 0.679 bits per heavy atom. The van der Waals surface area contributed by atoms with Gasteiger partial charge in [0.1, 0.15) is 13.2 Å². The molecule has 0 aliphatic carbocycles. The number of unbranched alkanes of at least 4 members (excludes halogenated alkanes) is 20. The van der Waals surface area contributed by atoms with Gasteiger partial charge < -0.3 is 23.8 Å². The molecular formula is C47H81NO8. The molecule has 1 rings (SSSR count). The Hall–Kier alpha value is -2.94. The van der Waals surface area contributed by atoms with Crippen LogP contribution in [0.5, 0.6) is 0 Å². The van der Waals surface area contributed by atoms with Gasteiger partial charge in [0.05, 0.1) is 13.2 Å². The standard InChI is InChI=1S/C47H81NO8/c1-5-7-9-17-23-29-44(49)53-33-27-21-15-11-13-19-25-31-46(51)55-39-42-35-41(38-48(3)4)36-43(37-42)40-56-47(52)32-26-20-14-12-16-22-28-34-54-45(50)30-24-18-10-8-6-2/h35-37H,5-34,38-40H2,1-4H3. The SMILES string of the molecule is CCCCCCCC(=O)OCCCCCCCCCC(=O)OCc1cc(COC(=O)CCCCCCCCCOC(=O)CCCCCCC)cc(CN(C)C)c1. The van der Waals surface area contributed by atoms with Gasteiger partial charge in [-0.1, -0.05) is 142 Å². The van der Waals surface area contributed by atoms with E-state index in [1.165, 1.54) is 38.5 Å². The third-order valence-corrected chi connectivity index (χ3v) is 9.96. The highest BCUT2D eigenvalue weighted by atomic mass is 16.5. The summed E-state index contributed by atoms with van der Waals surface area (Å²) in [7, 11) is 4.02. The number of hydrogen-bond acceptors (Lipinski definition) is 9. The summed E-state index contributed by atoms with van der Waals surface area (Å²) < 4.78 is 22.0. The molecule has 0 unspecified atom stereocenters. The van der Waals surface area contributed by atoms with Gasteiger partial charge in [-0.25, -0.2) is 0 Å². The van der Waals surface area contributed by atoms with Crippen molar-refractivity contribution in [3.05, 3.63) is 34.9 Å². The predicted octanol–water partition coefficient (Wildman–Crippen LogP) is 11.9. The summed E-state index contributed by atoms with van der Waals surface area (Å²) in [5, 5.41) is 0. The molecule has 0 bridgehead atoms. The first-order valence-electron chi connectivity index (χ1n) is 22.6. The van der Waals surface area contributed by atoms with E-state index in [-0.39, 0.29) is 37.1 Å². The summed E-state index contributed by atoms with van der Waals surface area (Å²) in [5.74, 6) is -0.498. The second kappa shape index (κ2) is 36.4. The maximum absolute atomic E-state index is 12.5. The molecule has 322 valence electrons. The molecule has 0 aliphatic heterocycles. The lowest BCUT2D eigenvalue weighted by Crippen LogP contribution is -2.12. The predicted molar refractivity (Wildman–Crippen MR) is 226 cm³/mol. The highest BCUT2D eigenvalue weighted by Crippen LogP contribution is 2.17. The molecule has 0 aromatic heterocycles. The van der Waals surface area contributed by atoms with Crippen molar-refractivity contribution >= 4 is 23.9 Å². The Balaban J connectivity index is 2.17. The molecule has 0 heterocycles. The van der Waals surface area contributed by atoms with Crippen LogP contribution >= 0.6 is 0 Å². The van der Waals surface area contributed by atoms with Crippen molar-refractivity contribution in [1.82, 2.24) is 4.90 Å². The Morgan fingerprint density at radius 1 is 0.393 bits per heavy atom. The summed E-state index contributed by atoms with van der Waals surface area (Å²) in [6.07, 6.45) is 27.5. The minimum absolute atomic E-state index is 0.0616. The second-order valence-electron chi connectivity index (χ2n) is 15.9. The molecule has 0 amide bonds. The summed E-state index contributed by atoms with van der Waals surface area (Å²) in [5.41, 5.74) is 2.89. The van der Waals surface area contributed by atoms with Crippen LogP contribution in [0.3, 0.4) is 0 Å². The third-order valence-electron chi connectivity index (χ3n) is 9.96. The van der Waals surface area contributed by atoms with Gasteiger partial charge in [-0.15, -0.1) is 0 Å². The molecular weight excluding hydrogens is 707 g/mol. The smallest absolute Gasteiger partial charge is 0.306 e. The van der Waals surface area contributed by atoms with Gasteiger partial charge in [-0.05, 0) is 75.4 Å². The van der Waals surface area contributed by atoms with Crippen molar-refractivity contribution in [2.45, 2.75) is 213 Å². The highest BCUT2D eigenvalue weighted by Gasteiger charge is 2.10. The van der Waals surface area contributed by atoms with E-state index in [0.717, 1.165) is 139 Å². The summed E-state index contributed by atoms with van der Waals surface area (Å²) in [6.45, 7) is 6.56.